The summed E-state index contributed by atoms with van der Waals surface area (Å²) in [6, 6.07) is 14.2. The van der Waals surface area contributed by atoms with Crippen molar-refractivity contribution in [2.45, 2.75) is 18.9 Å². The summed E-state index contributed by atoms with van der Waals surface area (Å²) >= 11 is 0. The van der Waals surface area contributed by atoms with E-state index in [0.29, 0.717) is 41.1 Å². The van der Waals surface area contributed by atoms with Gasteiger partial charge in [0.15, 0.2) is 5.82 Å². The van der Waals surface area contributed by atoms with Crippen molar-refractivity contribution in [1.29, 1.82) is 0 Å². The van der Waals surface area contributed by atoms with Crippen LogP contribution in [-0.4, -0.2) is 42.3 Å². The predicted molar refractivity (Wildman–Crippen MR) is 133 cm³/mol. The third-order valence-corrected chi connectivity index (χ3v) is 6.67. The second-order valence-corrected chi connectivity index (χ2v) is 8.95. The first-order chi connectivity index (χ1) is 18.0. The molecule has 6 rings (SSSR count). The quantitative estimate of drug-likeness (QED) is 0.385. The summed E-state index contributed by atoms with van der Waals surface area (Å²) in [5, 5.41) is 18.7. The molecule has 1 aliphatic rings. The van der Waals surface area contributed by atoms with Gasteiger partial charge in [-0.1, -0.05) is 0 Å². The van der Waals surface area contributed by atoms with Crippen molar-refractivity contribution in [1.82, 2.24) is 29.8 Å². The smallest absolute Gasteiger partial charge is 0.259 e. The van der Waals surface area contributed by atoms with Crippen molar-refractivity contribution in [2.75, 3.05) is 16.8 Å². The fourth-order valence-electron chi connectivity index (χ4n) is 4.87. The van der Waals surface area contributed by atoms with Crippen molar-refractivity contribution in [2.24, 2.45) is 7.05 Å². The van der Waals surface area contributed by atoms with Crippen LogP contribution in [0.5, 0.6) is 0 Å². The molecule has 2 aromatic carbocycles. The number of anilines is 2. The molecule has 5 aromatic rings. The Kier molecular flexibility index (Phi) is 5.59. The van der Waals surface area contributed by atoms with Crippen LogP contribution >= 0.6 is 0 Å². The number of pyridine rings is 1. The molecule has 1 saturated heterocycles. The predicted octanol–water partition coefficient (Wildman–Crippen LogP) is 4.40. The fourth-order valence-corrected chi connectivity index (χ4v) is 4.87. The van der Waals surface area contributed by atoms with E-state index in [1.165, 1.54) is 18.3 Å². The number of fused-ring (bicyclic) bond motifs is 1. The van der Waals surface area contributed by atoms with Gasteiger partial charge < -0.3 is 10.2 Å². The molecule has 1 amide bonds. The van der Waals surface area contributed by atoms with E-state index in [-0.39, 0.29) is 11.9 Å². The molecule has 1 N–H and O–H groups in total. The molecule has 1 unspecified atom stereocenters. The van der Waals surface area contributed by atoms with E-state index in [2.05, 4.69) is 25.9 Å². The lowest BCUT2D eigenvalue weighted by molar-refractivity contribution is 0.102. The number of halogens is 2. The number of hydrogen-bond acceptors (Lipinski definition) is 6. The molecule has 1 aliphatic heterocycles. The lowest BCUT2D eigenvalue weighted by Crippen LogP contribution is -2.23. The molecule has 9 nitrogen and oxygen atoms in total. The number of rotatable bonds is 5. The second-order valence-electron chi connectivity index (χ2n) is 8.95. The third kappa shape index (κ3) is 4.18. The maximum Gasteiger partial charge on any atom is 0.259 e. The lowest BCUT2D eigenvalue weighted by atomic mass is 10.0. The Morgan fingerprint density at radius 3 is 2.70 bits per heavy atom. The number of benzene rings is 2. The minimum atomic E-state index is -0.463. The van der Waals surface area contributed by atoms with Gasteiger partial charge in [0.05, 0.1) is 23.3 Å². The van der Waals surface area contributed by atoms with Crippen molar-refractivity contribution in [3.05, 3.63) is 89.8 Å². The molecule has 0 spiro atoms. The van der Waals surface area contributed by atoms with Gasteiger partial charge in [0, 0.05) is 42.3 Å². The van der Waals surface area contributed by atoms with Crippen molar-refractivity contribution in [3.8, 4) is 11.4 Å². The SMILES string of the molecule is Cn1nnnc1-c1ccc(NC(=O)c2cnn3ccc(N4CCCC4c4cc(F)ccc4F)cc23)cc1. The van der Waals surface area contributed by atoms with Crippen molar-refractivity contribution < 1.29 is 13.6 Å². The summed E-state index contributed by atoms with van der Waals surface area (Å²) in [7, 11) is 1.75. The summed E-state index contributed by atoms with van der Waals surface area (Å²) < 4.78 is 31.6. The molecule has 0 radical (unpaired) electrons. The number of tetrazole rings is 1. The Bertz CT molecular complexity index is 1610. The van der Waals surface area contributed by atoms with Crippen LogP contribution in [0.4, 0.5) is 20.2 Å². The van der Waals surface area contributed by atoms with Crippen LogP contribution in [0.15, 0.2) is 67.0 Å². The molecule has 1 fully saturated rings. The molecule has 0 bridgehead atoms. The Hall–Kier alpha value is -4.67. The molecule has 186 valence electrons. The minimum Gasteiger partial charge on any atom is -0.364 e. The molecular formula is C26H22F2N8O. The maximum absolute atomic E-state index is 14.5. The minimum absolute atomic E-state index is 0.291. The van der Waals surface area contributed by atoms with Gasteiger partial charge in [0.2, 0.25) is 0 Å². The first-order valence-electron chi connectivity index (χ1n) is 11.8. The summed E-state index contributed by atoms with van der Waals surface area (Å²) in [6.07, 6.45) is 4.83. The Labute approximate surface area is 210 Å². The number of amides is 1. The highest BCUT2D eigenvalue weighted by Gasteiger charge is 2.29. The van der Waals surface area contributed by atoms with Gasteiger partial charge in [-0.05, 0) is 77.9 Å². The zero-order valence-corrected chi connectivity index (χ0v) is 19.8. The summed E-state index contributed by atoms with van der Waals surface area (Å²) in [5.74, 6) is -0.583. The first kappa shape index (κ1) is 22.8. The highest BCUT2D eigenvalue weighted by Crippen LogP contribution is 2.38. The molecule has 37 heavy (non-hydrogen) atoms. The number of nitrogens with one attached hydrogen (secondary N) is 1. The van der Waals surface area contributed by atoms with Crippen LogP contribution in [0, 0.1) is 11.6 Å². The van der Waals surface area contributed by atoms with Gasteiger partial charge in [-0.2, -0.15) is 5.10 Å². The normalized spacial score (nSPS) is 15.4. The zero-order valence-electron chi connectivity index (χ0n) is 19.8. The number of aromatic nitrogens is 6. The summed E-state index contributed by atoms with van der Waals surface area (Å²) in [6.45, 7) is 0.694. The van der Waals surface area contributed by atoms with Gasteiger partial charge in [-0.25, -0.2) is 18.0 Å². The molecular weight excluding hydrogens is 478 g/mol. The van der Waals surface area contributed by atoms with E-state index < -0.39 is 11.6 Å². The lowest BCUT2D eigenvalue weighted by Gasteiger charge is -2.27. The second kappa shape index (κ2) is 9.08. The highest BCUT2D eigenvalue weighted by atomic mass is 19.1. The Balaban J connectivity index is 1.26. The molecule has 11 heteroatoms. The Morgan fingerprint density at radius 2 is 1.92 bits per heavy atom. The van der Waals surface area contributed by atoms with Crippen molar-refractivity contribution >= 4 is 22.8 Å². The maximum atomic E-state index is 14.5. The van der Waals surface area contributed by atoms with Crippen LogP contribution in [-0.2, 0) is 7.05 Å². The van der Waals surface area contributed by atoms with E-state index in [0.717, 1.165) is 23.7 Å². The standard InChI is InChI=1S/C26H22F2N8O/c1-34-25(31-32-33-34)16-4-7-18(8-5-16)30-26(37)21-15-29-36-12-10-19(14-24(21)36)35-11-2-3-23(35)20-13-17(27)6-9-22(20)28/h4-10,12-15,23H,2-3,11H2,1H3,(H,30,37). The van der Waals surface area contributed by atoms with Crippen LogP contribution in [0.2, 0.25) is 0 Å². The van der Waals surface area contributed by atoms with E-state index >= 15 is 0 Å². The summed E-state index contributed by atoms with van der Waals surface area (Å²) in [5.41, 5.74) is 3.60. The van der Waals surface area contributed by atoms with Crippen molar-refractivity contribution in [3.63, 3.8) is 0 Å². The van der Waals surface area contributed by atoms with Gasteiger partial charge in [-0.3, -0.25) is 4.79 Å². The molecule has 0 aliphatic carbocycles. The van der Waals surface area contributed by atoms with Gasteiger partial charge in [-0.15, -0.1) is 5.10 Å². The first-order valence-corrected chi connectivity index (χ1v) is 11.8. The molecule has 3 aromatic heterocycles. The number of hydrogen-bond donors (Lipinski definition) is 1. The van der Waals surface area contributed by atoms with Crippen LogP contribution in [0.3, 0.4) is 0 Å². The van der Waals surface area contributed by atoms with Crippen LogP contribution in [0.1, 0.15) is 34.8 Å². The number of carbonyl (C=O) groups is 1. The molecule has 0 saturated carbocycles. The summed E-state index contributed by atoms with van der Waals surface area (Å²) in [4.78, 5) is 15.2. The zero-order chi connectivity index (χ0) is 25.5. The monoisotopic (exact) mass is 500 g/mol. The fraction of sp³-hybridized carbons (Fsp3) is 0.192. The van der Waals surface area contributed by atoms with Gasteiger partial charge in [0.1, 0.15) is 11.6 Å². The van der Waals surface area contributed by atoms with E-state index in [9.17, 15) is 13.6 Å². The molecule has 1 atom stereocenters. The van der Waals surface area contributed by atoms with E-state index in [4.69, 9.17) is 0 Å². The number of aryl methyl sites for hydroxylation is 1. The van der Waals surface area contributed by atoms with Gasteiger partial charge in [0.25, 0.3) is 5.91 Å². The topological polar surface area (TPSA) is 93.2 Å². The van der Waals surface area contributed by atoms with Gasteiger partial charge >= 0.3 is 0 Å². The van der Waals surface area contributed by atoms with E-state index in [1.807, 2.05) is 29.2 Å². The molecule has 4 heterocycles. The number of nitrogens with zero attached hydrogens (tertiary/aromatic N) is 7. The Morgan fingerprint density at radius 1 is 1.08 bits per heavy atom. The largest absolute Gasteiger partial charge is 0.364 e. The van der Waals surface area contributed by atoms with E-state index in [1.54, 1.807) is 34.6 Å². The third-order valence-electron chi connectivity index (χ3n) is 6.67. The number of carbonyl (C=O) groups excluding carboxylic acids is 1. The van der Waals surface area contributed by atoms with Crippen LogP contribution < -0.4 is 10.2 Å². The average Bonchev–Trinajstić information content (AvgIpc) is 3.65. The van der Waals surface area contributed by atoms with Crippen LogP contribution in [0.25, 0.3) is 16.9 Å². The highest BCUT2D eigenvalue weighted by molar-refractivity contribution is 6.09. The average molecular weight is 501 g/mol.